The van der Waals surface area contributed by atoms with Crippen molar-refractivity contribution in [3.05, 3.63) is 125 Å². The van der Waals surface area contributed by atoms with E-state index in [1.807, 2.05) is 105 Å². The second-order valence-electron chi connectivity index (χ2n) is 24.7. The molecule has 4 aromatic carbocycles. The zero-order chi connectivity index (χ0) is 74.1. The van der Waals surface area contributed by atoms with Crippen molar-refractivity contribution in [1.82, 2.24) is 26.6 Å². The smallest absolute Gasteiger partial charge is 0.303 e. The Bertz CT molecular complexity index is 3160. The minimum absolute atomic E-state index is 0.00166. The van der Waals surface area contributed by atoms with Crippen molar-refractivity contribution in [3.63, 3.8) is 0 Å². The fourth-order valence-corrected chi connectivity index (χ4v) is 11.9. The Morgan fingerprint density at radius 3 is 1.52 bits per heavy atom. The summed E-state index contributed by atoms with van der Waals surface area (Å²) in [6, 6.07) is 29.8. The van der Waals surface area contributed by atoms with Crippen molar-refractivity contribution in [2.75, 3.05) is 92.0 Å². The van der Waals surface area contributed by atoms with Gasteiger partial charge in [-0.25, -0.2) is 0 Å². The van der Waals surface area contributed by atoms with E-state index in [4.69, 9.17) is 52.1 Å². The van der Waals surface area contributed by atoms with Crippen molar-refractivity contribution in [2.45, 2.75) is 186 Å². The number of esters is 3. The maximum absolute atomic E-state index is 13.8. The van der Waals surface area contributed by atoms with Crippen molar-refractivity contribution in [1.29, 1.82) is 0 Å². The summed E-state index contributed by atoms with van der Waals surface area (Å²) >= 11 is 0. The molecule has 4 aromatic rings. The molecule has 6 amide bonds. The van der Waals surface area contributed by atoms with Crippen molar-refractivity contribution < 1.29 is 100 Å². The average molecular weight is 1430 g/mol. The first-order valence-corrected chi connectivity index (χ1v) is 35.0. The Morgan fingerprint density at radius 2 is 1.01 bits per heavy atom. The molecule has 0 aromatic heterocycles. The molecule has 102 heavy (non-hydrogen) atoms. The number of carbonyl (C=O) groups excluding carboxylic acids is 9. The number of rotatable bonds is 49. The molecule has 0 spiro atoms. The van der Waals surface area contributed by atoms with Crippen LogP contribution >= 0.6 is 0 Å². The van der Waals surface area contributed by atoms with Crippen LogP contribution in [0.1, 0.15) is 159 Å². The maximum Gasteiger partial charge on any atom is 0.303 e. The van der Waals surface area contributed by atoms with E-state index in [1.54, 1.807) is 20.3 Å². The highest BCUT2D eigenvalue weighted by atomic mass is 16.7. The lowest BCUT2D eigenvalue weighted by Gasteiger charge is -2.44. The SMILES string of the molecule is CCNC(=O)CCC(CCC(=O)NCC)(CCC(=O)NCCOCCOCCOCCOC1OC(COC(C)=O)C(OC(C)=O)C(OC(C)=O)C1NC(C)=O)NC(=O)CCCCCCCCC(=O)Nc1cc(CO)cc(COC(c2ccccc2)(c2ccc(OC)cc2)c2ccc(OC)cc2)c1. The number of benzene rings is 4. The van der Waals surface area contributed by atoms with Crippen LogP contribution in [0.3, 0.4) is 0 Å². The molecule has 0 aliphatic carbocycles. The molecule has 1 aliphatic rings. The normalized spacial score (nSPS) is 15.8. The lowest BCUT2D eigenvalue weighted by atomic mass is 9.80. The summed E-state index contributed by atoms with van der Waals surface area (Å²) in [6.07, 6.45) is 0.788. The molecule has 0 saturated carbocycles. The number of hydrogen-bond acceptors (Lipinski definition) is 21. The van der Waals surface area contributed by atoms with Gasteiger partial charge in [-0.15, -0.1) is 0 Å². The van der Waals surface area contributed by atoms with E-state index < -0.39 is 65.6 Å². The lowest BCUT2D eigenvalue weighted by Crippen LogP contribution is -2.66. The van der Waals surface area contributed by atoms with E-state index in [-0.39, 0.29) is 154 Å². The number of aliphatic hydroxyl groups is 1. The molecule has 27 nitrogen and oxygen atoms in total. The summed E-state index contributed by atoms with van der Waals surface area (Å²) in [5.74, 6) is -2.34. The van der Waals surface area contributed by atoms with Gasteiger partial charge in [0.1, 0.15) is 35.9 Å². The summed E-state index contributed by atoms with van der Waals surface area (Å²) in [7, 11) is 3.24. The molecule has 1 heterocycles. The highest BCUT2D eigenvalue weighted by Gasteiger charge is 2.51. The van der Waals surface area contributed by atoms with Gasteiger partial charge in [0.05, 0.1) is 73.7 Å². The Balaban J connectivity index is 1.04. The zero-order valence-electron chi connectivity index (χ0n) is 60.3. The number of carbonyl (C=O) groups is 9. The first kappa shape index (κ1) is 84.1. The second-order valence-corrected chi connectivity index (χ2v) is 24.7. The number of ether oxygens (including phenoxy) is 11. The third-order valence-corrected chi connectivity index (χ3v) is 16.7. The molecule has 5 rings (SSSR count). The van der Waals surface area contributed by atoms with Crippen LogP contribution in [-0.4, -0.2) is 181 Å². The molecule has 27 heteroatoms. The molecule has 7 N–H and O–H groups in total. The highest BCUT2D eigenvalue weighted by Crippen LogP contribution is 2.43. The lowest BCUT2D eigenvalue weighted by molar-refractivity contribution is -0.279. The van der Waals surface area contributed by atoms with Crippen LogP contribution in [0.2, 0.25) is 0 Å². The Morgan fingerprint density at radius 1 is 0.520 bits per heavy atom. The van der Waals surface area contributed by atoms with E-state index in [0.29, 0.717) is 48.7 Å². The van der Waals surface area contributed by atoms with Crippen molar-refractivity contribution in [2.24, 2.45) is 0 Å². The number of amides is 6. The average Bonchev–Trinajstić information content (AvgIpc) is 0.757. The first-order chi connectivity index (χ1) is 49.2. The van der Waals surface area contributed by atoms with Crippen LogP contribution in [0, 0.1) is 0 Å². The van der Waals surface area contributed by atoms with E-state index in [2.05, 4.69) is 31.9 Å². The largest absolute Gasteiger partial charge is 0.497 e. The zero-order valence-corrected chi connectivity index (χ0v) is 60.3. The van der Waals surface area contributed by atoms with Crippen LogP contribution in [-0.2, 0) is 105 Å². The summed E-state index contributed by atoms with van der Waals surface area (Å²) in [5, 5.41) is 27.6. The molecule has 5 atom stereocenters. The summed E-state index contributed by atoms with van der Waals surface area (Å²) < 4.78 is 62.9. The van der Waals surface area contributed by atoms with E-state index in [1.165, 1.54) is 13.8 Å². The Labute approximate surface area is 598 Å². The monoisotopic (exact) mass is 1430 g/mol. The van der Waals surface area contributed by atoms with Crippen LogP contribution in [0.4, 0.5) is 5.69 Å². The minimum Gasteiger partial charge on any atom is -0.497 e. The fraction of sp³-hybridized carbons (Fsp3) is 0.560. The Kier molecular flexibility index (Phi) is 38.0. The van der Waals surface area contributed by atoms with Gasteiger partial charge in [0.2, 0.25) is 35.4 Å². The van der Waals surface area contributed by atoms with E-state index >= 15 is 0 Å². The van der Waals surface area contributed by atoms with Gasteiger partial charge in [-0.05, 0) is 110 Å². The molecule has 1 fully saturated rings. The summed E-state index contributed by atoms with van der Waals surface area (Å²) in [6.45, 7) is 9.84. The fourth-order valence-electron chi connectivity index (χ4n) is 11.9. The number of unbranched alkanes of at least 4 members (excludes halogenated alkanes) is 5. The van der Waals surface area contributed by atoms with Gasteiger partial charge in [0, 0.05) is 90.7 Å². The van der Waals surface area contributed by atoms with Crippen LogP contribution < -0.4 is 41.4 Å². The molecule has 562 valence electrons. The van der Waals surface area contributed by atoms with Gasteiger partial charge in [0.25, 0.3) is 0 Å². The molecule has 1 saturated heterocycles. The Hall–Kier alpha value is -8.57. The minimum atomic E-state index is -1.26. The second kappa shape index (κ2) is 46.1. The van der Waals surface area contributed by atoms with Crippen LogP contribution in [0.15, 0.2) is 97.1 Å². The van der Waals surface area contributed by atoms with Gasteiger partial charge < -0.3 is 89.1 Å². The number of aliphatic hydroxyl groups excluding tert-OH is 1. The predicted molar refractivity (Wildman–Crippen MR) is 376 cm³/mol. The van der Waals surface area contributed by atoms with E-state index in [0.717, 1.165) is 61.8 Å². The van der Waals surface area contributed by atoms with Crippen molar-refractivity contribution >= 4 is 59.0 Å². The van der Waals surface area contributed by atoms with Gasteiger partial charge in [-0.1, -0.05) is 86.3 Å². The highest BCUT2D eigenvalue weighted by molar-refractivity contribution is 5.91. The molecule has 5 unspecified atom stereocenters. The molecule has 0 bridgehead atoms. The first-order valence-electron chi connectivity index (χ1n) is 35.0. The number of anilines is 1. The summed E-state index contributed by atoms with van der Waals surface area (Å²) in [5.41, 5.74) is 2.40. The van der Waals surface area contributed by atoms with Gasteiger partial charge in [-0.3, -0.25) is 43.2 Å². The number of methoxy groups -OCH3 is 2. The maximum atomic E-state index is 13.8. The quantitative estimate of drug-likeness (QED) is 0.0101. The summed E-state index contributed by atoms with van der Waals surface area (Å²) in [4.78, 5) is 114. The van der Waals surface area contributed by atoms with E-state index in [9.17, 15) is 48.3 Å². The van der Waals surface area contributed by atoms with Crippen molar-refractivity contribution in [3.8, 4) is 11.5 Å². The van der Waals surface area contributed by atoms with Crippen LogP contribution in [0.25, 0.3) is 0 Å². The predicted octanol–water partition coefficient (Wildman–Crippen LogP) is 7.07. The third-order valence-electron chi connectivity index (χ3n) is 16.7. The molecule has 0 radical (unpaired) electrons. The number of nitrogens with one attached hydrogen (secondary N) is 6. The van der Waals surface area contributed by atoms with Gasteiger partial charge >= 0.3 is 17.9 Å². The van der Waals surface area contributed by atoms with Gasteiger partial charge in [-0.2, -0.15) is 0 Å². The topological polar surface area (TPSA) is 348 Å². The molecular formula is C75H106N6O21. The number of hydrogen-bond donors (Lipinski definition) is 7. The molecular weight excluding hydrogens is 1320 g/mol. The van der Waals surface area contributed by atoms with Crippen LogP contribution in [0.5, 0.6) is 11.5 Å². The standard InChI is InChI=1S/C75H106N6O21/c1-9-76-65(87)32-35-74(36-33-66(88)77-10-2,37-34-67(89)78-38-39-94-40-41-95-42-43-96-44-45-97-73-70(79-52(3)83)72(101-55(6)86)71(100-54(5)85)64(102-73)51-98-53(4)84)81-69(91)23-19-14-12-11-13-18-22-68(90)80-61-47-56(49-82)46-57(48-61)50-99-75(58-20-16-15-17-21-58,59-24-28-62(92-7)29-25-59)60-26-30-63(93-8)31-27-60/h15-17,20-21,24-31,46-48,64,70-73,82H,9-14,18-19,22-23,32-45,49-51H2,1-8H3,(H,76,87)(H,77,88)(H,78,89)(H,79,83)(H,80,90)(H,81,91). The molecule has 1 aliphatic heterocycles. The third kappa shape index (κ3) is 29.8. The van der Waals surface area contributed by atoms with Gasteiger partial charge in [0.15, 0.2) is 18.5 Å².